The monoisotopic (exact) mass is 231 g/mol. The molecule has 0 N–H and O–H groups in total. The number of rotatable bonds is 3. The molecule has 1 rings (SSSR count). The largest absolute Gasteiger partial charge is 0.396 e. The number of oxime groups is 1. The van der Waals surface area contributed by atoms with Crippen LogP contribution in [0.15, 0.2) is 15.8 Å². The van der Waals surface area contributed by atoms with Gasteiger partial charge in [0.25, 0.3) is 0 Å². The van der Waals surface area contributed by atoms with Crippen molar-refractivity contribution in [3.05, 3.63) is 16.4 Å². The van der Waals surface area contributed by atoms with Gasteiger partial charge in [0, 0.05) is 13.2 Å². The first-order valence-electron chi connectivity index (χ1n) is 3.58. The van der Waals surface area contributed by atoms with Crippen LogP contribution in [0.1, 0.15) is 12.6 Å². The van der Waals surface area contributed by atoms with Crippen molar-refractivity contribution in [3.8, 4) is 0 Å². The Morgan fingerprint density at radius 3 is 3.08 bits per heavy atom. The maximum atomic E-state index is 4.80. The molecule has 0 saturated heterocycles. The van der Waals surface area contributed by atoms with Crippen LogP contribution in [0.2, 0.25) is 0 Å². The molecule has 1 heterocycles. The summed E-state index contributed by atoms with van der Waals surface area (Å²) >= 11 is 3.34. The van der Waals surface area contributed by atoms with Crippen LogP contribution in [0.3, 0.4) is 0 Å². The molecule has 0 unspecified atom stereocenters. The third-order valence-corrected chi connectivity index (χ3v) is 1.80. The van der Waals surface area contributed by atoms with E-state index in [1.165, 1.54) is 0 Å². The molecule has 1 aromatic rings. The smallest absolute Gasteiger partial charge is 0.121 e. The fourth-order valence-electron chi connectivity index (χ4n) is 0.726. The van der Waals surface area contributed by atoms with Crippen molar-refractivity contribution in [2.75, 3.05) is 6.61 Å². The average Bonchev–Trinajstić information content (AvgIpc) is 2.31. The quantitative estimate of drug-likeness (QED) is 0.585. The van der Waals surface area contributed by atoms with Gasteiger partial charge in [0.05, 0.1) is 10.7 Å². The zero-order valence-electron chi connectivity index (χ0n) is 6.99. The summed E-state index contributed by atoms with van der Waals surface area (Å²) in [5.74, 6) is 0. The molecule has 0 aliphatic carbocycles. The van der Waals surface area contributed by atoms with Crippen LogP contribution in [0, 0.1) is 0 Å². The van der Waals surface area contributed by atoms with Crippen LogP contribution in [0.25, 0.3) is 0 Å². The zero-order chi connectivity index (χ0) is 8.97. The van der Waals surface area contributed by atoms with Gasteiger partial charge >= 0.3 is 0 Å². The van der Waals surface area contributed by atoms with E-state index < -0.39 is 0 Å². The molecular weight excluding hydrogens is 222 g/mol. The average molecular weight is 232 g/mol. The van der Waals surface area contributed by atoms with Crippen molar-refractivity contribution < 1.29 is 4.84 Å². The zero-order valence-corrected chi connectivity index (χ0v) is 8.58. The minimum absolute atomic E-state index is 0.570. The van der Waals surface area contributed by atoms with Crippen molar-refractivity contribution in [2.24, 2.45) is 12.2 Å². The van der Waals surface area contributed by atoms with E-state index in [0.717, 1.165) is 10.2 Å². The van der Waals surface area contributed by atoms with Crippen molar-refractivity contribution >= 4 is 22.1 Å². The summed E-state index contributed by atoms with van der Waals surface area (Å²) in [5, 5.41) is 7.83. The predicted octanol–water partition coefficient (Wildman–Crippen LogP) is 1.55. The van der Waals surface area contributed by atoms with Crippen molar-refractivity contribution in [1.82, 2.24) is 9.78 Å². The SMILES string of the molecule is CCON=Cc1nn(C)cc1Br. The molecule has 0 atom stereocenters. The van der Waals surface area contributed by atoms with Crippen LogP contribution in [0.5, 0.6) is 0 Å². The lowest BCUT2D eigenvalue weighted by Gasteiger charge is -1.89. The van der Waals surface area contributed by atoms with E-state index in [9.17, 15) is 0 Å². The second-order valence-corrected chi connectivity index (χ2v) is 3.04. The van der Waals surface area contributed by atoms with E-state index in [2.05, 4.69) is 26.2 Å². The Labute approximate surface area is 79.3 Å². The lowest BCUT2D eigenvalue weighted by Crippen LogP contribution is -1.90. The Morgan fingerprint density at radius 1 is 1.83 bits per heavy atom. The van der Waals surface area contributed by atoms with Crippen LogP contribution >= 0.6 is 15.9 Å². The summed E-state index contributed by atoms with van der Waals surface area (Å²) in [6.45, 7) is 2.45. The predicted molar refractivity (Wildman–Crippen MR) is 50.1 cm³/mol. The molecule has 66 valence electrons. The van der Waals surface area contributed by atoms with E-state index >= 15 is 0 Å². The van der Waals surface area contributed by atoms with Crippen LogP contribution in [-0.2, 0) is 11.9 Å². The Hall–Kier alpha value is -0.840. The summed E-state index contributed by atoms with van der Waals surface area (Å²) in [5.41, 5.74) is 0.769. The first-order valence-corrected chi connectivity index (χ1v) is 4.37. The van der Waals surface area contributed by atoms with Gasteiger partial charge in [-0.2, -0.15) is 5.10 Å². The molecule has 4 nitrogen and oxygen atoms in total. The number of hydrogen-bond donors (Lipinski definition) is 0. The Kier molecular flexibility index (Phi) is 3.28. The van der Waals surface area contributed by atoms with E-state index in [4.69, 9.17) is 4.84 Å². The Morgan fingerprint density at radius 2 is 2.58 bits per heavy atom. The molecule has 0 saturated carbocycles. The molecule has 5 heteroatoms. The molecule has 0 fully saturated rings. The summed E-state index contributed by atoms with van der Waals surface area (Å²) < 4.78 is 2.62. The second-order valence-electron chi connectivity index (χ2n) is 2.19. The molecule has 0 amide bonds. The highest BCUT2D eigenvalue weighted by Gasteiger charge is 2.00. The fraction of sp³-hybridized carbons (Fsp3) is 0.429. The molecule has 12 heavy (non-hydrogen) atoms. The first kappa shape index (κ1) is 9.25. The summed E-state index contributed by atoms with van der Waals surface area (Å²) in [7, 11) is 1.85. The van der Waals surface area contributed by atoms with Gasteiger partial charge in [0.15, 0.2) is 0 Å². The standard InChI is InChI=1S/C7H10BrN3O/c1-3-12-9-4-7-6(8)5-11(2)10-7/h4-5H,3H2,1-2H3. The lowest BCUT2D eigenvalue weighted by molar-refractivity contribution is 0.160. The second kappa shape index (κ2) is 4.25. The summed E-state index contributed by atoms with van der Waals surface area (Å²) in [4.78, 5) is 4.80. The van der Waals surface area contributed by atoms with E-state index in [1.807, 2.05) is 20.2 Å². The minimum Gasteiger partial charge on any atom is -0.396 e. The molecule has 0 bridgehead atoms. The van der Waals surface area contributed by atoms with Gasteiger partial charge in [-0.25, -0.2) is 0 Å². The summed E-state index contributed by atoms with van der Waals surface area (Å²) in [6, 6.07) is 0. The molecule has 0 aromatic carbocycles. The van der Waals surface area contributed by atoms with Crippen molar-refractivity contribution in [3.63, 3.8) is 0 Å². The first-order chi connectivity index (χ1) is 5.74. The molecule has 0 spiro atoms. The molecule has 1 aromatic heterocycles. The van der Waals surface area contributed by atoms with Crippen molar-refractivity contribution in [1.29, 1.82) is 0 Å². The summed E-state index contributed by atoms with van der Waals surface area (Å²) in [6.07, 6.45) is 3.43. The van der Waals surface area contributed by atoms with Gasteiger partial charge in [0.1, 0.15) is 12.3 Å². The highest BCUT2D eigenvalue weighted by Crippen LogP contribution is 2.11. The van der Waals surface area contributed by atoms with Crippen LogP contribution < -0.4 is 0 Å². The number of halogens is 1. The molecule has 0 aliphatic rings. The molecule has 0 aliphatic heterocycles. The molecule has 0 radical (unpaired) electrons. The van der Waals surface area contributed by atoms with Gasteiger partial charge in [-0.3, -0.25) is 4.68 Å². The van der Waals surface area contributed by atoms with Gasteiger partial charge in [0.2, 0.25) is 0 Å². The van der Waals surface area contributed by atoms with E-state index in [0.29, 0.717) is 6.61 Å². The van der Waals surface area contributed by atoms with Gasteiger partial charge in [-0.05, 0) is 22.9 Å². The number of aryl methyl sites for hydroxylation is 1. The minimum atomic E-state index is 0.570. The Bertz CT molecular complexity index is 282. The number of nitrogens with zero attached hydrogens (tertiary/aromatic N) is 3. The maximum Gasteiger partial charge on any atom is 0.121 e. The van der Waals surface area contributed by atoms with Gasteiger partial charge < -0.3 is 4.84 Å². The Balaban J connectivity index is 2.68. The third kappa shape index (κ3) is 2.34. The van der Waals surface area contributed by atoms with E-state index in [-0.39, 0.29) is 0 Å². The fourth-order valence-corrected chi connectivity index (χ4v) is 1.20. The van der Waals surface area contributed by atoms with Crippen molar-refractivity contribution in [2.45, 2.75) is 6.92 Å². The van der Waals surface area contributed by atoms with Gasteiger partial charge in [-0.15, -0.1) is 0 Å². The molecular formula is C7H10BrN3O. The number of hydrogen-bond acceptors (Lipinski definition) is 3. The topological polar surface area (TPSA) is 39.4 Å². The lowest BCUT2D eigenvalue weighted by atomic mass is 10.5. The van der Waals surface area contributed by atoms with E-state index in [1.54, 1.807) is 10.9 Å². The number of aromatic nitrogens is 2. The normalized spacial score (nSPS) is 10.9. The van der Waals surface area contributed by atoms with Crippen LogP contribution in [0.4, 0.5) is 0 Å². The highest BCUT2D eigenvalue weighted by molar-refractivity contribution is 9.10. The van der Waals surface area contributed by atoms with Crippen LogP contribution in [-0.4, -0.2) is 22.6 Å². The third-order valence-electron chi connectivity index (χ3n) is 1.19. The highest BCUT2D eigenvalue weighted by atomic mass is 79.9. The maximum absolute atomic E-state index is 4.80. The van der Waals surface area contributed by atoms with Gasteiger partial charge in [-0.1, -0.05) is 5.16 Å².